The number of aromatic carboxylic acids is 1. The van der Waals surface area contributed by atoms with Crippen molar-refractivity contribution in [3.8, 4) is 0 Å². The number of amides is 1. The minimum atomic E-state index is -1.63. The molecular formula is C10H10FN3O6. The molecule has 0 fully saturated rings. The highest BCUT2D eigenvalue weighted by Gasteiger charge is 2.22. The molecule has 0 saturated heterocycles. The first-order chi connectivity index (χ1) is 9.23. The summed E-state index contributed by atoms with van der Waals surface area (Å²) in [5.74, 6) is -3.96. The van der Waals surface area contributed by atoms with Crippen molar-refractivity contribution in [2.75, 3.05) is 11.9 Å². The molecule has 5 N–H and O–H groups in total. The molecule has 0 saturated carbocycles. The van der Waals surface area contributed by atoms with Gasteiger partial charge < -0.3 is 21.3 Å². The Morgan fingerprint density at radius 3 is 2.55 bits per heavy atom. The Bertz CT molecular complexity index is 576. The average molecular weight is 287 g/mol. The lowest BCUT2D eigenvalue weighted by atomic mass is 10.1. The number of carboxylic acid groups (broad SMARTS) is 1. The molecule has 0 heterocycles. The maximum absolute atomic E-state index is 13.3. The van der Waals surface area contributed by atoms with Gasteiger partial charge in [-0.05, 0) is 6.07 Å². The van der Waals surface area contributed by atoms with E-state index in [1.165, 1.54) is 0 Å². The third-order valence-electron chi connectivity index (χ3n) is 2.33. The largest absolute Gasteiger partial charge is 0.478 e. The quantitative estimate of drug-likeness (QED) is 0.413. The van der Waals surface area contributed by atoms with Crippen LogP contribution in [0.4, 0.5) is 15.8 Å². The van der Waals surface area contributed by atoms with E-state index in [2.05, 4.69) is 5.32 Å². The molecule has 1 atom stereocenters. The Morgan fingerprint density at radius 2 is 2.10 bits per heavy atom. The molecule has 0 bridgehead atoms. The van der Waals surface area contributed by atoms with Gasteiger partial charge in [0.15, 0.2) is 0 Å². The third-order valence-corrected chi connectivity index (χ3v) is 2.33. The molecule has 0 aliphatic carbocycles. The van der Waals surface area contributed by atoms with Crippen LogP contribution in [0.3, 0.4) is 0 Å². The van der Waals surface area contributed by atoms with E-state index in [-0.39, 0.29) is 5.69 Å². The molecule has 108 valence electrons. The standard InChI is InChI=1S/C10H10FN3O6/c11-5-2-7(14(19)20)6(1-4(5)10(17)18)13-3-8(15)9(12)16/h1-2,8,13,15H,3H2,(H2,12,16)(H,17,18). The average Bonchev–Trinajstić information content (AvgIpc) is 2.35. The van der Waals surface area contributed by atoms with Gasteiger partial charge in [-0.25, -0.2) is 9.18 Å². The van der Waals surface area contributed by atoms with Crippen molar-refractivity contribution in [3.05, 3.63) is 33.6 Å². The number of rotatable bonds is 6. The number of primary amides is 1. The van der Waals surface area contributed by atoms with Crippen LogP contribution < -0.4 is 11.1 Å². The number of benzene rings is 1. The highest BCUT2D eigenvalue weighted by Crippen LogP contribution is 2.27. The van der Waals surface area contributed by atoms with Crippen molar-refractivity contribution in [2.24, 2.45) is 5.73 Å². The highest BCUT2D eigenvalue weighted by atomic mass is 19.1. The SMILES string of the molecule is NC(=O)C(O)CNc1cc(C(=O)O)c(F)cc1[N+](=O)[O-]. The van der Waals surface area contributed by atoms with Gasteiger partial charge in [-0.3, -0.25) is 14.9 Å². The van der Waals surface area contributed by atoms with Crippen molar-refractivity contribution in [1.29, 1.82) is 0 Å². The molecule has 1 unspecified atom stereocenters. The van der Waals surface area contributed by atoms with Gasteiger partial charge in [-0.2, -0.15) is 0 Å². The van der Waals surface area contributed by atoms with Crippen molar-refractivity contribution >= 4 is 23.3 Å². The number of aliphatic hydroxyl groups excluding tert-OH is 1. The monoisotopic (exact) mass is 287 g/mol. The number of aliphatic hydroxyl groups is 1. The minimum absolute atomic E-state index is 0.353. The highest BCUT2D eigenvalue weighted by molar-refractivity contribution is 5.90. The van der Waals surface area contributed by atoms with E-state index in [0.717, 1.165) is 0 Å². The third kappa shape index (κ3) is 3.38. The summed E-state index contributed by atoms with van der Waals surface area (Å²) >= 11 is 0. The van der Waals surface area contributed by atoms with Gasteiger partial charge in [-0.1, -0.05) is 0 Å². The molecule has 0 aliphatic heterocycles. The number of nitrogens with one attached hydrogen (secondary N) is 1. The molecule has 9 nitrogen and oxygen atoms in total. The molecule has 1 amide bonds. The number of carbonyl (C=O) groups is 2. The minimum Gasteiger partial charge on any atom is -0.478 e. The van der Waals surface area contributed by atoms with Gasteiger partial charge in [0, 0.05) is 0 Å². The predicted octanol–water partition coefficient (Wildman–Crippen LogP) is -0.310. The van der Waals surface area contributed by atoms with E-state index in [1.54, 1.807) is 0 Å². The molecular weight excluding hydrogens is 277 g/mol. The fourth-order valence-corrected chi connectivity index (χ4v) is 1.33. The van der Waals surface area contributed by atoms with E-state index >= 15 is 0 Å². The molecule has 0 aliphatic rings. The molecule has 1 rings (SSSR count). The first-order valence-electron chi connectivity index (χ1n) is 5.16. The topological polar surface area (TPSA) is 156 Å². The second-order valence-corrected chi connectivity index (χ2v) is 3.71. The molecule has 1 aromatic carbocycles. The fraction of sp³-hybridized carbons (Fsp3) is 0.200. The van der Waals surface area contributed by atoms with E-state index in [0.29, 0.717) is 12.1 Å². The molecule has 20 heavy (non-hydrogen) atoms. The predicted molar refractivity (Wildman–Crippen MR) is 63.7 cm³/mol. The van der Waals surface area contributed by atoms with Crippen molar-refractivity contribution in [3.63, 3.8) is 0 Å². The Balaban J connectivity index is 3.14. The molecule has 0 radical (unpaired) electrons. The number of carbonyl (C=O) groups excluding carboxylic acids is 1. The van der Waals surface area contributed by atoms with Gasteiger partial charge in [0.2, 0.25) is 5.91 Å². The van der Waals surface area contributed by atoms with Crippen LogP contribution in [0, 0.1) is 15.9 Å². The Labute approximate surface area is 111 Å². The maximum Gasteiger partial charge on any atom is 0.338 e. The van der Waals surface area contributed by atoms with E-state index < -0.39 is 46.5 Å². The number of carboxylic acids is 1. The molecule has 0 aromatic heterocycles. The lowest BCUT2D eigenvalue weighted by molar-refractivity contribution is -0.384. The smallest absolute Gasteiger partial charge is 0.338 e. The first kappa shape index (κ1) is 15.3. The second-order valence-electron chi connectivity index (χ2n) is 3.71. The fourth-order valence-electron chi connectivity index (χ4n) is 1.33. The molecule has 1 aromatic rings. The Morgan fingerprint density at radius 1 is 1.50 bits per heavy atom. The molecule has 0 spiro atoms. The van der Waals surface area contributed by atoms with E-state index in [9.17, 15) is 24.1 Å². The van der Waals surface area contributed by atoms with Crippen LogP contribution >= 0.6 is 0 Å². The number of hydrogen-bond donors (Lipinski definition) is 4. The number of nitrogens with zero attached hydrogens (tertiary/aromatic N) is 1. The van der Waals surface area contributed by atoms with Crippen LogP contribution in [-0.2, 0) is 4.79 Å². The lowest BCUT2D eigenvalue weighted by Gasteiger charge is -2.11. The number of hydrogen-bond acceptors (Lipinski definition) is 6. The van der Waals surface area contributed by atoms with Crippen LogP contribution in [0.25, 0.3) is 0 Å². The van der Waals surface area contributed by atoms with Crippen LogP contribution in [0.2, 0.25) is 0 Å². The Hall–Kier alpha value is -2.75. The Kier molecular flexibility index (Phi) is 4.54. The molecule has 10 heteroatoms. The summed E-state index contributed by atoms with van der Waals surface area (Å²) < 4.78 is 13.3. The summed E-state index contributed by atoms with van der Waals surface area (Å²) in [6.07, 6.45) is -1.63. The maximum atomic E-state index is 13.3. The van der Waals surface area contributed by atoms with Crippen molar-refractivity contribution in [1.82, 2.24) is 0 Å². The number of nitrogens with two attached hydrogens (primary N) is 1. The van der Waals surface area contributed by atoms with Gasteiger partial charge in [0.1, 0.15) is 17.6 Å². The first-order valence-corrected chi connectivity index (χ1v) is 5.16. The summed E-state index contributed by atoms with van der Waals surface area (Å²) in [6, 6.07) is 1.13. The second kappa shape index (κ2) is 5.93. The number of nitro benzene ring substituents is 1. The number of anilines is 1. The van der Waals surface area contributed by atoms with Gasteiger partial charge in [-0.15, -0.1) is 0 Å². The summed E-state index contributed by atoms with van der Waals surface area (Å²) in [4.78, 5) is 31.1. The zero-order valence-corrected chi connectivity index (χ0v) is 9.87. The van der Waals surface area contributed by atoms with E-state index in [1.807, 2.05) is 0 Å². The van der Waals surface area contributed by atoms with Gasteiger partial charge in [0.05, 0.1) is 23.1 Å². The summed E-state index contributed by atoms with van der Waals surface area (Å²) in [7, 11) is 0. The van der Waals surface area contributed by atoms with Crippen molar-refractivity contribution in [2.45, 2.75) is 6.10 Å². The van der Waals surface area contributed by atoms with Crippen LogP contribution in [0.15, 0.2) is 12.1 Å². The number of nitro groups is 1. The van der Waals surface area contributed by atoms with E-state index in [4.69, 9.17) is 15.9 Å². The van der Waals surface area contributed by atoms with Crippen molar-refractivity contribution < 1.29 is 29.1 Å². The zero-order chi connectivity index (χ0) is 15.4. The van der Waals surface area contributed by atoms with Crippen LogP contribution in [-0.4, -0.2) is 39.7 Å². The summed E-state index contributed by atoms with van der Waals surface area (Å²) in [5.41, 5.74) is 2.91. The van der Waals surface area contributed by atoms with Crippen LogP contribution in [0.5, 0.6) is 0 Å². The summed E-state index contributed by atoms with van der Waals surface area (Å²) in [5, 5.41) is 30.9. The normalized spacial score (nSPS) is 11.7. The zero-order valence-electron chi connectivity index (χ0n) is 9.87. The summed E-state index contributed by atoms with van der Waals surface area (Å²) in [6.45, 7) is -0.485. The van der Waals surface area contributed by atoms with Crippen LogP contribution in [0.1, 0.15) is 10.4 Å². The lowest BCUT2D eigenvalue weighted by Crippen LogP contribution is -2.34. The number of halogens is 1. The van der Waals surface area contributed by atoms with Gasteiger partial charge >= 0.3 is 5.97 Å². The van der Waals surface area contributed by atoms with Gasteiger partial charge in [0.25, 0.3) is 5.69 Å².